The van der Waals surface area contributed by atoms with E-state index >= 15 is 0 Å². The average molecular weight is 321 g/mol. The summed E-state index contributed by atoms with van der Waals surface area (Å²) < 4.78 is 0. The number of Topliss-reactive ketones (excluding diaryl/α,β-unsaturated/α-hetero) is 1. The minimum atomic E-state index is 0.272. The maximum Gasteiger partial charge on any atom is 0.136 e. The van der Waals surface area contributed by atoms with Crippen molar-refractivity contribution in [3.63, 3.8) is 0 Å². The van der Waals surface area contributed by atoms with Crippen LogP contribution in [0.5, 0.6) is 0 Å². The molecule has 24 heavy (non-hydrogen) atoms. The van der Waals surface area contributed by atoms with E-state index in [1.807, 2.05) is 0 Å². The topological polar surface area (TPSA) is 20.3 Å². The van der Waals surface area contributed by atoms with Crippen molar-refractivity contribution in [2.45, 2.75) is 38.6 Å². The molecular formula is C22H27NO. The van der Waals surface area contributed by atoms with E-state index in [0.717, 1.165) is 38.8 Å². The monoisotopic (exact) mass is 321 g/mol. The zero-order valence-corrected chi connectivity index (χ0v) is 14.5. The molecule has 0 amide bonds. The zero-order valence-electron chi connectivity index (χ0n) is 14.5. The van der Waals surface area contributed by atoms with E-state index in [-0.39, 0.29) is 12.0 Å². The second-order valence-corrected chi connectivity index (χ2v) is 6.75. The molecule has 1 heterocycles. The number of ketones is 1. The number of hydrogen-bond donors (Lipinski definition) is 0. The molecule has 1 saturated heterocycles. The van der Waals surface area contributed by atoms with Gasteiger partial charge in [-0.05, 0) is 43.5 Å². The van der Waals surface area contributed by atoms with Gasteiger partial charge in [0.05, 0.1) is 6.04 Å². The Morgan fingerprint density at radius 2 is 1.46 bits per heavy atom. The van der Waals surface area contributed by atoms with Gasteiger partial charge in [-0.2, -0.15) is 0 Å². The van der Waals surface area contributed by atoms with Crippen molar-refractivity contribution < 1.29 is 4.79 Å². The Balaban J connectivity index is 1.77. The average Bonchev–Trinajstić information content (AvgIpc) is 2.64. The molecule has 0 radical (unpaired) electrons. The van der Waals surface area contributed by atoms with Crippen LogP contribution in [0, 0.1) is 5.92 Å². The molecule has 0 bridgehead atoms. The Kier molecular flexibility index (Phi) is 5.81. The maximum absolute atomic E-state index is 12.2. The molecule has 2 nitrogen and oxygen atoms in total. The summed E-state index contributed by atoms with van der Waals surface area (Å²) in [4.78, 5) is 14.7. The van der Waals surface area contributed by atoms with Crippen LogP contribution in [0.4, 0.5) is 0 Å². The minimum Gasteiger partial charge on any atom is -0.299 e. The van der Waals surface area contributed by atoms with E-state index in [0.29, 0.717) is 5.78 Å². The molecule has 126 valence electrons. The van der Waals surface area contributed by atoms with E-state index in [2.05, 4.69) is 72.5 Å². The summed E-state index contributed by atoms with van der Waals surface area (Å²) in [5, 5.41) is 0. The highest BCUT2D eigenvalue weighted by molar-refractivity contribution is 5.81. The van der Waals surface area contributed by atoms with Gasteiger partial charge in [0.1, 0.15) is 5.78 Å². The fourth-order valence-corrected chi connectivity index (χ4v) is 3.81. The van der Waals surface area contributed by atoms with Crippen LogP contribution in [-0.4, -0.2) is 23.8 Å². The first-order valence-corrected chi connectivity index (χ1v) is 9.16. The van der Waals surface area contributed by atoms with Gasteiger partial charge in [0.25, 0.3) is 0 Å². The molecule has 3 rings (SSSR count). The Bertz CT molecular complexity index is 590. The Morgan fingerprint density at radius 3 is 1.92 bits per heavy atom. The van der Waals surface area contributed by atoms with Crippen molar-refractivity contribution in [1.82, 2.24) is 4.90 Å². The van der Waals surface area contributed by atoms with Gasteiger partial charge in [0.15, 0.2) is 0 Å². The Labute approximate surface area is 145 Å². The quantitative estimate of drug-likeness (QED) is 0.757. The molecule has 0 saturated carbocycles. The van der Waals surface area contributed by atoms with Crippen molar-refractivity contribution in [2.24, 2.45) is 5.92 Å². The van der Waals surface area contributed by atoms with Gasteiger partial charge < -0.3 is 0 Å². The summed E-state index contributed by atoms with van der Waals surface area (Å²) in [7, 11) is 0. The van der Waals surface area contributed by atoms with Crippen molar-refractivity contribution in [2.75, 3.05) is 13.1 Å². The van der Waals surface area contributed by atoms with E-state index in [4.69, 9.17) is 0 Å². The molecule has 2 aromatic carbocycles. The van der Waals surface area contributed by atoms with E-state index in [9.17, 15) is 4.79 Å². The van der Waals surface area contributed by atoms with Gasteiger partial charge >= 0.3 is 0 Å². The molecule has 0 aromatic heterocycles. The van der Waals surface area contributed by atoms with Crippen molar-refractivity contribution in [3.05, 3.63) is 71.8 Å². The van der Waals surface area contributed by atoms with Crippen molar-refractivity contribution in [3.8, 4) is 0 Å². The first-order chi connectivity index (χ1) is 11.8. The third-order valence-electron chi connectivity index (χ3n) is 5.08. The lowest BCUT2D eigenvalue weighted by Crippen LogP contribution is -2.39. The highest BCUT2D eigenvalue weighted by Gasteiger charge is 2.29. The molecule has 0 unspecified atom stereocenters. The molecule has 1 fully saturated rings. The van der Waals surface area contributed by atoms with Gasteiger partial charge in [-0.1, -0.05) is 67.6 Å². The summed E-state index contributed by atoms with van der Waals surface area (Å²) in [5.74, 6) is 0.738. The molecule has 2 aromatic rings. The van der Waals surface area contributed by atoms with Gasteiger partial charge in [0.2, 0.25) is 0 Å². The number of nitrogens with zero attached hydrogens (tertiary/aromatic N) is 1. The second kappa shape index (κ2) is 8.25. The van der Waals surface area contributed by atoms with Crippen LogP contribution in [0.2, 0.25) is 0 Å². The van der Waals surface area contributed by atoms with Crippen LogP contribution in [0.15, 0.2) is 60.7 Å². The lowest BCUT2D eigenvalue weighted by atomic mass is 9.88. The zero-order chi connectivity index (χ0) is 16.8. The lowest BCUT2D eigenvalue weighted by molar-refractivity contribution is -0.124. The number of rotatable bonds is 6. The van der Waals surface area contributed by atoms with Gasteiger partial charge in [-0.15, -0.1) is 0 Å². The highest BCUT2D eigenvalue weighted by Crippen LogP contribution is 2.32. The van der Waals surface area contributed by atoms with Crippen molar-refractivity contribution in [1.29, 1.82) is 0 Å². The Hall–Kier alpha value is -1.93. The third kappa shape index (κ3) is 3.93. The normalized spacial score (nSPS) is 16.4. The number of benzene rings is 2. The van der Waals surface area contributed by atoms with E-state index in [1.165, 1.54) is 11.1 Å². The highest BCUT2D eigenvalue weighted by atomic mass is 16.1. The fourth-order valence-electron chi connectivity index (χ4n) is 3.81. The summed E-state index contributed by atoms with van der Waals surface area (Å²) >= 11 is 0. The summed E-state index contributed by atoms with van der Waals surface area (Å²) in [5.41, 5.74) is 2.67. The fraction of sp³-hybridized carbons (Fsp3) is 0.409. The first-order valence-electron chi connectivity index (χ1n) is 9.16. The van der Waals surface area contributed by atoms with Crippen LogP contribution in [-0.2, 0) is 4.79 Å². The van der Waals surface area contributed by atoms with E-state index < -0.39 is 0 Å². The standard InChI is InChI=1S/C22H27NO/c1-2-9-21(24)18-14-16-23(17-15-18)22(19-10-5-3-6-11-19)20-12-7-4-8-13-20/h3-8,10-13,18,22H,2,9,14-17H2,1H3. The predicted octanol–water partition coefficient (Wildman–Crippen LogP) is 4.86. The Morgan fingerprint density at radius 1 is 0.958 bits per heavy atom. The van der Waals surface area contributed by atoms with Crippen LogP contribution >= 0.6 is 0 Å². The molecular weight excluding hydrogens is 294 g/mol. The number of piperidine rings is 1. The van der Waals surface area contributed by atoms with Gasteiger partial charge in [0, 0.05) is 12.3 Å². The van der Waals surface area contributed by atoms with Crippen LogP contribution in [0.25, 0.3) is 0 Å². The molecule has 0 atom stereocenters. The number of likely N-dealkylation sites (tertiary alicyclic amines) is 1. The number of hydrogen-bond acceptors (Lipinski definition) is 2. The van der Waals surface area contributed by atoms with Crippen LogP contribution < -0.4 is 0 Å². The molecule has 0 aliphatic carbocycles. The van der Waals surface area contributed by atoms with Gasteiger partial charge in [-0.3, -0.25) is 9.69 Å². The smallest absolute Gasteiger partial charge is 0.136 e. The van der Waals surface area contributed by atoms with Crippen LogP contribution in [0.1, 0.15) is 49.8 Å². The first kappa shape index (κ1) is 16.9. The molecule has 0 spiro atoms. The molecule has 1 aliphatic heterocycles. The number of carbonyl (C=O) groups excluding carboxylic acids is 1. The SMILES string of the molecule is CCCC(=O)C1CCN(C(c2ccccc2)c2ccccc2)CC1. The summed E-state index contributed by atoms with van der Waals surface area (Å²) in [6.07, 6.45) is 3.70. The number of carbonyl (C=O) groups is 1. The van der Waals surface area contributed by atoms with Gasteiger partial charge in [-0.25, -0.2) is 0 Å². The third-order valence-corrected chi connectivity index (χ3v) is 5.08. The molecule has 1 aliphatic rings. The molecule has 0 N–H and O–H groups in total. The van der Waals surface area contributed by atoms with E-state index in [1.54, 1.807) is 0 Å². The minimum absolute atomic E-state index is 0.272. The molecule has 2 heteroatoms. The lowest BCUT2D eigenvalue weighted by Gasteiger charge is -2.37. The second-order valence-electron chi connectivity index (χ2n) is 6.75. The summed E-state index contributed by atoms with van der Waals surface area (Å²) in [6.45, 7) is 4.08. The largest absolute Gasteiger partial charge is 0.299 e. The predicted molar refractivity (Wildman–Crippen MR) is 98.9 cm³/mol. The maximum atomic E-state index is 12.2. The van der Waals surface area contributed by atoms with Crippen molar-refractivity contribution >= 4 is 5.78 Å². The summed E-state index contributed by atoms with van der Waals surface area (Å²) in [6, 6.07) is 21.7. The van der Waals surface area contributed by atoms with Crippen LogP contribution in [0.3, 0.4) is 0 Å².